The van der Waals surface area contributed by atoms with Crippen LogP contribution in [0.2, 0.25) is 0 Å². The highest BCUT2D eigenvalue weighted by Crippen LogP contribution is 2.32. The summed E-state index contributed by atoms with van der Waals surface area (Å²) < 4.78 is 5.25. The van der Waals surface area contributed by atoms with Gasteiger partial charge in [0.15, 0.2) is 0 Å². The zero-order valence-corrected chi connectivity index (χ0v) is 16.2. The lowest BCUT2D eigenvalue weighted by molar-refractivity contribution is -0.117. The number of ether oxygens (including phenoxy) is 1. The summed E-state index contributed by atoms with van der Waals surface area (Å²) in [4.78, 5) is 26.4. The van der Waals surface area contributed by atoms with Crippen molar-refractivity contribution in [1.82, 2.24) is 4.90 Å². The molecule has 2 aromatic carbocycles. The molecule has 0 saturated carbocycles. The second-order valence-corrected chi connectivity index (χ2v) is 7.06. The fourth-order valence-corrected chi connectivity index (χ4v) is 3.70. The van der Waals surface area contributed by atoms with Gasteiger partial charge in [0, 0.05) is 12.2 Å². The van der Waals surface area contributed by atoms with Gasteiger partial charge >= 0.3 is 6.03 Å². The smallest absolute Gasteiger partial charge is 0.322 e. The van der Waals surface area contributed by atoms with Crippen molar-refractivity contribution in [1.29, 1.82) is 0 Å². The lowest BCUT2D eigenvalue weighted by atomic mass is 10.0. The first-order chi connectivity index (χ1) is 13.6. The Hall–Kier alpha value is -3.02. The SMILES string of the molecule is COc1ccc(C2CCCCCN2C(=O)Nc2ccccc2CC(N)=O)cc1. The molecule has 1 unspecified atom stereocenters. The van der Waals surface area contributed by atoms with Crippen molar-refractivity contribution in [3.05, 3.63) is 59.7 Å². The van der Waals surface area contributed by atoms with Crippen molar-refractivity contribution < 1.29 is 14.3 Å². The molecule has 0 spiro atoms. The maximum atomic E-state index is 13.1. The minimum atomic E-state index is -0.424. The number of carbonyl (C=O) groups is 2. The second kappa shape index (κ2) is 9.26. The van der Waals surface area contributed by atoms with Crippen LogP contribution in [0.3, 0.4) is 0 Å². The van der Waals surface area contributed by atoms with E-state index in [1.54, 1.807) is 13.2 Å². The molecule has 1 aliphatic heterocycles. The number of hydrogen-bond donors (Lipinski definition) is 2. The summed E-state index contributed by atoms with van der Waals surface area (Å²) in [5, 5.41) is 2.99. The molecule has 1 aliphatic rings. The second-order valence-electron chi connectivity index (χ2n) is 7.06. The normalized spacial score (nSPS) is 16.9. The number of carbonyl (C=O) groups excluding carboxylic acids is 2. The third kappa shape index (κ3) is 4.82. The number of nitrogens with one attached hydrogen (secondary N) is 1. The molecule has 1 fully saturated rings. The first kappa shape index (κ1) is 19.7. The number of hydrogen-bond acceptors (Lipinski definition) is 3. The van der Waals surface area contributed by atoms with Crippen LogP contribution in [0.4, 0.5) is 10.5 Å². The number of rotatable bonds is 5. The van der Waals surface area contributed by atoms with E-state index in [2.05, 4.69) is 5.32 Å². The fourth-order valence-electron chi connectivity index (χ4n) is 3.70. The molecule has 6 nitrogen and oxygen atoms in total. The fraction of sp³-hybridized carbons (Fsp3) is 0.364. The monoisotopic (exact) mass is 381 g/mol. The average molecular weight is 381 g/mol. The van der Waals surface area contributed by atoms with Crippen molar-refractivity contribution in [2.75, 3.05) is 19.0 Å². The molecule has 3 amide bonds. The van der Waals surface area contributed by atoms with E-state index < -0.39 is 5.91 Å². The molecule has 3 N–H and O–H groups in total. The Labute approximate surface area is 165 Å². The Morgan fingerprint density at radius 3 is 2.57 bits per heavy atom. The summed E-state index contributed by atoms with van der Waals surface area (Å²) in [7, 11) is 1.64. The molecule has 1 saturated heterocycles. The van der Waals surface area contributed by atoms with Crippen LogP contribution in [-0.2, 0) is 11.2 Å². The first-order valence-corrected chi connectivity index (χ1v) is 9.66. The van der Waals surface area contributed by atoms with Gasteiger partial charge in [0.1, 0.15) is 5.75 Å². The lowest BCUT2D eigenvalue weighted by Gasteiger charge is -2.31. The number of nitrogens with zero attached hydrogens (tertiary/aromatic N) is 1. The standard InChI is InChI=1S/C22H27N3O3/c1-28-18-12-10-16(11-13-18)20-9-3-2-6-14-25(20)22(27)24-19-8-5-4-7-17(19)15-21(23)26/h4-5,7-8,10-13,20H,2-3,6,9,14-15H2,1H3,(H2,23,26)(H,24,27). The third-order valence-corrected chi connectivity index (χ3v) is 5.14. The van der Waals surface area contributed by atoms with Crippen LogP contribution in [0.25, 0.3) is 0 Å². The van der Waals surface area contributed by atoms with Crippen LogP contribution in [0.1, 0.15) is 42.9 Å². The van der Waals surface area contributed by atoms with Crippen molar-refractivity contribution >= 4 is 17.6 Å². The summed E-state index contributed by atoms with van der Waals surface area (Å²) in [6, 6.07) is 15.0. The maximum Gasteiger partial charge on any atom is 0.322 e. The number of benzene rings is 2. The van der Waals surface area contributed by atoms with E-state index in [1.807, 2.05) is 47.4 Å². The third-order valence-electron chi connectivity index (χ3n) is 5.14. The summed E-state index contributed by atoms with van der Waals surface area (Å²) >= 11 is 0. The number of amides is 3. The summed E-state index contributed by atoms with van der Waals surface area (Å²) in [5.41, 5.74) is 7.79. The highest BCUT2D eigenvalue weighted by Gasteiger charge is 2.27. The topological polar surface area (TPSA) is 84.7 Å². The van der Waals surface area contributed by atoms with Crippen LogP contribution in [0.5, 0.6) is 5.75 Å². The molecule has 28 heavy (non-hydrogen) atoms. The van der Waals surface area contributed by atoms with Crippen LogP contribution in [0.15, 0.2) is 48.5 Å². The summed E-state index contributed by atoms with van der Waals surface area (Å²) in [6.07, 6.45) is 4.18. The van der Waals surface area contributed by atoms with E-state index in [0.717, 1.165) is 42.6 Å². The number of likely N-dealkylation sites (tertiary alicyclic amines) is 1. The molecule has 0 aliphatic carbocycles. The molecule has 148 valence electrons. The molecule has 0 bridgehead atoms. The number of anilines is 1. The minimum absolute atomic E-state index is 0.0108. The molecule has 1 heterocycles. The Bertz CT molecular complexity index is 820. The zero-order chi connectivity index (χ0) is 19.9. The number of urea groups is 1. The maximum absolute atomic E-state index is 13.1. The van der Waals surface area contributed by atoms with Crippen LogP contribution >= 0.6 is 0 Å². The number of para-hydroxylation sites is 1. The highest BCUT2D eigenvalue weighted by atomic mass is 16.5. The van der Waals surface area contributed by atoms with E-state index in [4.69, 9.17) is 10.5 Å². The molecular formula is C22H27N3O3. The van der Waals surface area contributed by atoms with Gasteiger partial charge in [-0.05, 0) is 42.2 Å². The van der Waals surface area contributed by atoms with Crippen LogP contribution in [-0.4, -0.2) is 30.5 Å². The molecule has 0 radical (unpaired) electrons. The largest absolute Gasteiger partial charge is 0.497 e. The number of methoxy groups -OCH3 is 1. The molecule has 3 rings (SSSR count). The van der Waals surface area contributed by atoms with Crippen molar-refractivity contribution in [2.24, 2.45) is 5.73 Å². The van der Waals surface area contributed by atoms with Crippen molar-refractivity contribution in [3.63, 3.8) is 0 Å². The Morgan fingerprint density at radius 2 is 1.86 bits per heavy atom. The number of primary amides is 1. The van der Waals surface area contributed by atoms with Crippen molar-refractivity contribution in [3.8, 4) is 5.75 Å². The molecule has 0 aromatic heterocycles. The predicted molar refractivity (Wildman–Crippen MR) is 109 cm³/mol. The van der Waals surface area contributed by atoms with Crippen molar-refractivity contribution in [2.45, 2.75) is 38.1 Å². The van der Waals surface area contributed by atoms with E-state index >= 15 is 0 Å². The van der Waals surface area contributed by atoms with Crippen LogP contribution < -0.4 is 15.8 Å². The van der Waals surface area contributed by atoms with E-state index in [1.165, 1.54) is 0 Å². The molecular weight excluding hydrogens is 354 g/mol. The summed E-state index contributed by atoms with van der Waals surface area (Å²) in [5.74, 6) is 0.376. The molecule has 2 aromatic rings. The minimum Gasteiger partial charge on any atom is -0.497 e. The zero-order valence-electron chi connectivity index (χ0n) is 16.2. The number of nitrogens with two attached hydrogens (primary N) is 1. The molecule has 6 heteroatoms. The van der Waals surface area contributed by atoms with E-state index in [0.29, 0.717) is 12.2 Å². The van der Waals surface area contributed by atoms with E-state index in [9.17, 15) is 9.59 Å². The van der Waals surface area contributed by atoms with Gasteiger partial charge in [-0.25, -0.2) is 4.79 Å². The average Bonchev–Trinajstić information content (AvgIpc) is 2.95. The Kier molecular flexibility index (Phi) is 6.53. The first-order valence-electron chi connectivity index (χ1n) is 9.66. The van der Waals surface area contributed by atoms with Gasteiger partial charge in [-0.2, -0.15) is 0 Å². The Balaban J connectivity index is 1.82. The van der Waals surface area contributed by atoms with Gasteiger partial charge in [0.05, 0.1) is 19.6 Å². The quantitative estimate of drug-likeness (QED) is 0.824. The van der Waals surface area contributed by atoms with Gasteiger partial charge in [0.2, 0.25) is 5.91 Å². The summed E-state index contributed by atoms with van der Waals surface area (Å²) in [6.45, 7) is 0.695. The van der Waals surface area contributed by atoms with Gasteiger partial charge in [-0.1, -0.05) is 43.2 Å². The predicted octanol–water partition coefficient (Wildman–Crippen LogP) is 3.87. The van der Waals surface area contributed by atoms with Gasteiger partial charge < -0.3 is 20.7 Å². The lowest BCUT2D eigenvalue weighted by Crippen LogP contribution is -2.38. The Morgan fingerprint density at radius 1 is 1.11 bits per heavy atom. The highest BCUT2D eigenvalue weighted by molar-refractivity contribution is 5.91. The van der Waals surface area contributed by atoms with E-state index in [-0.39, 0.29) is 18.5 Å². The molecule has 1 atom stereocenters. The van der Waals surface area contributed by atoms with Gasteiger partial charge in [-0.3, -0.25) is 4.79 Å². The van der Waals surface area contributed by atoms with Gasteiger partial charge in [0.25, 0.3) is 0 Å². The van der Waals surface area contributed by atoms with Gasteiger partial charge in [-0.15, -0.1) is 0 Å². The van der Waals surface area contributed by atoms with Crippen LogP contribution in [0, 0.1) is 0 Å².